The van der Waals surface area contributed by atoms with Gasteiger partial charge in [-0.1, -0.05) is 11.6 Å². The van der Waals surface area contributed by atoms with E-state index in [1.165, 1.54) is 4.57 Å². The molecule has 0 unspecified atom stereocenters. The molecular formula is C28H32ClN5O4. The number of aryl methyl sites for hydroxylation is 2. The summed E-state index contributed by atoms with van der Waals surface area (Å²) in [6.45, 7) is 10.4. The van der Waals surface area contributed by atoms with Crippen molar-refractivity contribution in [3.8, 4) is 11.5 Å². The summed E-state index contributed by atoms with van der Waals surface area (Å²) in [6, 6.07) is 9.19. The third-order valence-electron chi connectivity index (χ3n) is 7.09. The number of ether oxygens (including phenoxy) is 2. The van der Waals surface area contributed by atoms with Crippen LogP contribution in [-0.2, 0) is 6.54 Å². The number of benzene rings is 2. The Bertz CT molecular complexity index is 1620. The van der Waals surface area contributed by atoms with E-state index in [-0.39, 0.29) is 22.6 Å². The maximum Gasteiger partial charge on any atom is 0.331 e. The van der Waals surface area contributed by atoms with Crippen LogP contribution in [0.5, 0.6) is 11.5 Å². The maximum atomic E-state index is 13.5. The average Bonchev–Trinajstić information content (AvgIpc) is 2.90. The summed E-state index contributed by atoms with van der Waals surface area (Å²) in [5.74, 6) is 1.94. The first kappa shape index (κ1) is 26.0. The Morgan fingerprint density at radius 3 is 2.29 bits per heavy atom. The summed E-state index contributed by atoms with van der Waals surface area (Å²) < 4.78 is 14.7. The Morgan fingerprint density at radius 1 is 0.947 bits per heavy atom. The number of anilines is 1. The molecule has 0 radical (unpaired) electrons. The first-order valence-electron chi connectivity index (χ1n) is 13.1. The predicted molar refractivity (Wildman–Crippen MR) is 150 cm³/mol. The number of aromatic nitrogens is 4. The van der Waals surface area contributed by atoms with Crippen molar-refractivity contribution in [3.05, 3.63) is 62.0 Å². The van der Waals surface area contributed by atoms with Crippen LogP contribution < -0.4 is 25.6 Å². The zero-order valence-corrected chi connectivity index (χ0v) is 22.9. The number of halogens is 1. The Morgan fingerprint density at radius 2 is 1.63 bits per heavy atom. The van der Waals surface area contributed by atoms with Gasteiger partial charge in [-0.2, -0.15) is 4.98 Å². The Labute approximate surface area is 225 Å². The van der Waals surface area contributed by atoms with E-state index in [0.717, 1.165) is 10.9 Å². The third-order valence-corrected chi connectivity index (χ3v) is 7.26. The molecule has 0 N–H and O–H groups in total. The van der Waals surface area contributed by atoms with Gasteiger partial charge in [-0.05, 0) is 70.3 Å². The number of piperidine rings is 1. The molecule has 2 aromatic carbocycles. The minimum Gasteiger partial charge on any atom is -0.490 e. The van der Waals surface area contributed by atoms with Crippen molar-refractivity contribution in [1.82, 2.24) is 19.1 Å². The lowest BCUT2D eigenvalue weighted by atomic mass is 10.0. The van der Waals surface area contributed by atoms with Crippen molar-refractivity contribution in [2.45, 2.75) is 53.1 Å². The van der Waals surface area contributed by atoms with Gasteiger partial charge >= 0.3 is 5.69 Å². The van der Waals surface area contributed by atoms with E-state index >= 15 is 0 Å². The minimum atomic E-state index is -0.257. The lowest BCUT2D eigenvalue weighted by molar-refractivity contribution is 0.288. The molecule has 4 aromatic rings. The molecule has 0 bridgehead atoms. The van der Waals surface area contributed by atoms with Crippen LogP contribution in [0.1, 0.15) is 45.2 Å². The molecule has 0 atom stereocenters. The molecular weight excluding hydrogens is 506 g/mol. The van der Waals surface area contributed by atoms with Crippen molar-refractivity contribution in [1.29, 1.82) is 0 Å². The second kappa shape index (κ2) is 10.6. The fourth-order valence-electron chi connectivity index (χ4n) is 5.34. The second-order valence-electron chi connectivity index (χ2n) is 9.44. The quantitative estimate of drug-likeness (QED) is 0.315. The van der Waals surface area contributed by atoms with Gasteiger partial charge in [-0.15, -0.1) is 0 Å². The van der Waals surface area contributed by atoms with E-state index in [1.54, 1.807) is 4.57 Å². The van der Waals surface area contributed by atoms with Gasteiger partial charge in [0, 0.05) is 37.1 Å². The zero-order chi connectivity index (χ0) is 27.0. The predicted octanol–water partition coefficient (Wildman–Crippen LogP) is 4.73. The number of hydrogen-bond acceptors (Lipinski definition) is 7. The molecule has 1 fully saturated rings. The standard InChI is InChI=1S/C28H32ClN5O4/c1-5-33-22-9-8-17(4)14-20(22)26(35)34(28(33)36)18-10-12-32(13-11-18)25-19-15-23(37-6-2)24(38-7-3)16-21(19)30-27(29)31-25/h8-9,14-16,18H,5-7,10-13H2,1-4H3. The topological polar surface area (TPSA) is 91.5 Å². The van der Waals surface area contributed by atoms with Gasteiger partial charge in [0.1, 0.15) is 5.82 Å². The van der Waals surface area contributed by atoms with Gasteiger partial charge in [0.25, 0.3) is 5.56 Å². The number of hydrogen-bond donors (Lipinski definition) is 0. The molecule has 1 aliphatic rings. The molecule has 0 aliphatic carbocycles. The van der Waals surface area contributed by atoms with E-state index in [4.69, 9.17) is 21.1 Å². The summed E-state index contributed by atoms with van der Waals surface area (Å²) in [4.78, 5) is 38.0. The molecule has 9 nitrogen and oxygen atoms in total. The molecule has 3 heterocycles. The molecule has 200 valence electrons. The highest BCUT2D eigenvalue weighted by Gasteiger charge is 2.27. The van der Waals surface area contributed by atoms with Gasteiger partial charge in [0.2, 0.25) is 5.28 Å². The van der Waals surface area contributed by atoms with Crippen LogP contribution in [0.3, 0.4) is 0 Å². The average molecular weight is 538 g/mol. The van der Waals surface area contributed by atoms with Gasteiger partial charge in [-0.3, -0.25) is 13.9 Å². The summed E-state index contributed by atoms with van der Waals surface area (Å²) in [5.41, 5.74) is 1.86. The molecule has 0 saturated carbocycles. The lowest BCUT2D eigenvalue weighted by Gasteiger charge is -2.34. The summed E-state index contributed by atoms with van der Waals surface area (Å²) in [5, 5.41) is 1.54. The van der Waals surface area contributed by atoms with E-state index in [0.29, 0.717) is 79.4 Å². The number of rotatable bonds is 7. The smallest absolute Gasteiger partial charge is 0.331 e. The fourth-order valence-corrected chi connectivity index (χ4v) is 5.51. The van der Waals surface area contributed by atoms with Crippen LogP contribution in [0.4, 0.5) is 5.82 Å². The Balaban J connectivity index is 1.50. The molecule has 0 spiro atoms. The third kappa shape index (κ3) is 4.60. The van der Waals surface area contributed by atoms with Crippen molar-refractivity contribution in [2.75, 3.05) is 31.2 Å². The molecule has 5 rings (SSSR count). The van der Waals surface area contributed by atoms with E-state index in [1.807, 2.05) is 58.0 Å². The second-order valence-corrected chi connectivity index (χ2v) is 9.78. The summed E-state index contributed by atoms with van der Waals surface area (Å²) in [7, 11) is 0. The first-order valence-corrected chi connectivity index (χ1v) is 13.5. The highest BCUT2D eigenvalue weighted by atomic mass is 35.5. The van der Waals surface area contributed by atoms with Crippen molar-refractivity contribution >= 4 is 39.2 Å². The van der Waals surface area contributed by atoms with Gasteiger partial charge in [0.15, 0.2) is 11.5 Å². The van der Waals surface area contributed by atoms with Gasteiger partial charge < -0.3 is 14.4 Å². The molecule has 1 aliphatic heterocycles. The molecule has 38 heavy (non-hydrogen) atoms. The van der Waals surface area contributed by atoms with Crippen LogP contribution in [-0.4, -0.2) is 45.4 Å². The normalized spacial score (nSPS) is 14.4. The van der Waals surface area contributed by atoms with Crippen LogP contribution in [0, 0.1) is 6.92 Å². The highest BCUT2D eigenvalue weighted by Crippen LogP contribution is 2.37. The van der Waals surface area contributed by atoms with Crippen LogP contribution >= 0.6 is 11.6 Å². The van der Waals surface area contributed by atoms with Gasteiger partial charge in [-0.25, -0.2) is 9.78 Å². The fraction of sp³-hybridized carbons (Fsp3) is 0.429. The van der Waals surface area contributed by atoms with Crippen LogP contribution in [0.2, 0.25) is 5.28 Å². The van der Waals surface area contributed by atoms with Crippen molar-refractivity contribution in [3.63, 3.8) is 0 Å². The van der Waals surface area contributed by atoms with E-state index < -0.39 is 0 Å². The Kier molecular flexibility index (Phi) is 7.29. The first-order chi connectivity index (χ1) is 18.4. The monoisotopic (exact) mass is 537 g/mol. The minimum absolute atomic E-state index is 0.146. The van der Waals surface area contributed by atoms with E-state index in [2.05, 4.69) is 14.9 Å². The zero-order valence-electron chi connectivity index (χ0n) is 22.2. The molecule has 10 heteroatoms. The van der Waals surface area contributed by atoms with Crippen LogP contribution in [0.25, 0.3) is 21.8 Å². The lowest BCUT2D eigenvalue weighted by Crippen LogP contribution is -2.46. The van der Waals surface area contributed by atoms with E-state index in [9.17, 15) is 9.59 Å². The Hall–Kier alpha value is -3.59. The summed E-state index contributed by atoms with van der Waals surface area (Å²) in [6.07, 6.45) is 1.24. The van der Waals surface area contributed by atoms with Crippen LogP contribution in [0.15, 0.2) is 39.9 Å². The largest absolute Gasteiger partial charge is 0.490 e. The number of nitrogens with zero attached hydrogens (tertiary/aromatic N) is 5. The summed E-state index contributed by atoms with van der Waals surface area (Å²) >= 11 is 6.33. The molecule has 1 saturated heterocycles. The molecule has 2 aromatic heterocycles. The highest BCUT2D eigenvalue weighted by molar-refractivity contribution is 6.28. The maximum absolute atomic E-state index is 13.5. The SMILES string of the molecule is CCOc1cc2nc(Cl)nc(N3CCC(n4c(=O)c5cc(C)ccc5n(CC)c4=O)CC3)c2cc1OCC. The van der Waals surface area contributed by atoms with Gasteiger partial charge in [0.05, 0.1) is 29.6 Å². The van der Waals surface area contributed by atoms with Crippen molar-refractivity contribution < 1.29 is 9.47 Å². The number of fused-ring (bicyclic) bond motifs is 2. The van der Waals surface area contributed by atoms with Crippen molar-refractivity contribution in [2.24, 2.45) is 0 Å². The molecule has 0 amide bonds.